The zero-order chi connectivity index (χ0) is 25.9. The topological polar surface area (TPSA) is 100 Å². The van der Waals surface area contributed by atoms with E-state index in [0.29, 0.717) is 11.4 Å². The quantitative estimate of drug-likeness (QED) is 0.364. The molecule has 0 saturated carbocycles. The van der Waals surface area contributed by atoms with Gasteiger partial charge in [0.2, 0.25) is 0 Å². The van der Waals surface area contributed by atoms with Crippen molar-refractivity contribution < 1.29 is 17.9 Å². The van der Waals surface area contributed by atoms with Crippen LogP contribution in [0.3, 0.4) is 0 Å². The number of hydrogen-bond acceptors (Lipinski definition) is 6. The monoisotopic (exact) mass is 504 g/mol. The molecule has 0 bridgehead atoms. The molecule has 1 amide bonds. The molecule has 0 saturated heterocycles. The Kier molecular flexibility index (Phi) is 6.85. The maximum atomic E-state index is 12.8. The molecule has 0 aromatic heterocycles. The standard InChI is InChI=1S/C27H28N4O4S/c1-27(2)23-10-5-6-11-24(23)31(3)25(27)16-17-28-29-26(32)19-8-7-9-22(18-19)36(33,34)30-20-12-14-21(35-4)15-13-20/h5-18,30H,1-4H3,(H,29,32)/b25-16-,28-17-. The van der Waals surface area contributed by atoms with Gasteiger partial charge in [0.1, 0.15) is 5.75 Å². The lowest BCUT2D eigenvalue weighted by Crippen LogP contribution is -2.23. The van der Waals surface area contributed by atoms with Crippen LogP contribution in [0.15, 0.2) is 94.6 Å². The van der Waals surface area contributed by atoms with Crippen LogP contribution in [0.1, 0.15) is 29.8 Å². The highest BCUT2D eigenvalue weighted by Gasteiger charge is 2.37. The minimum absolute atomic E-state index is 0.0378. The molecule has 1 aliphatic heterocycles. The van der Waals surface area contributed by atoms with Crippen molar-refractivity contribution in [1.82, 2.24) is 5.43 Å². The molecule has 0 radical (unpaired) electrons. The first-order chi connectivity index (χ1) is 17.1. The van der Waals surface area contributed by atoms with Gasteiger partial charge in [-0.15, -0.1) is 0 Å². The van der Waals surface area contributed by atoms with Crippen LogP contribution in [0, 0.1) is 0 Å². The summed E-state index contributed by atoms with van der Waals surface area (Å²) in [4.78, 5) is 14.7. The Balaban J connectivity index is 1.45. The molecule has 8 nitrogen and oxygen atoms in total. The van der Waals surface area contributed by atoms with E-state index in [0.717, 1.165) is 11.4 Å². The minimum atomic E-state index is -3.89. The second-order valence-electron chi connectivity index (χ2n) is 8.83. The Bertz CT molecular complexity index is 1440. The van der Waals surface area contributed by atoms with Crippen LogP contribution in [0.25, 0.3) is 0 Å². The van der Waals surface area contributed by atoms with Crippen molar-refractivity contribution in [2.45, 2.75) is 24.2 Å². The third kappa shape index (κ3) is 4.96. The molecule has 0 unspecified atom stereocenters. The Morgan fingerprint density at radius 1 is 1.03 bits per heavy atom. The number of carbonyl (C=O) groups excluding carboxylic acids is 1. The molecule has 0 aliphatic carbocycles. The second kappa shape index (κ2) is 9.87. The molecule has 4 rings (SSSR count). The number of carbonyl (C=O) groups is 1. The van der Waals surface area contributed by atoms with Crippen molar-refractivity contribution in [2.24, 2.45) is 5.10 Å². The molecule has 9 heteroatoms. The Hall–Kier alpha value is -4.11. The number of para-hydroxylation sites is 1. The van der Waals surface area contributed by atoms with E-state index in [9.17, 15) is 13.2 Å². The fourth-order valence-corrected chi connectivity index (χ4v) is 5.35. The van der Waals surface area contributed by atoms with E-state index < -0.39 is 15.9 Å². The highest BCUT2D eigenvalue weighted by Crippen LogP contribution is 2.46. The summed E-state index contributed by atoms with van der Waals surface area (Å²) >= 11 is 0. The Morgan fingerprint density at radius 2 is 1.75 bits per heavy atom. The molecule has 0 spiro atoms. The van der Waals surface area contributed by atoms with E-state index >= 15 is 0 Å². The first-order valence-electron chi connectivity index (χ1n) is 11.3. The SMILES string of the molecule is COc1ccc(NS(=O)(=O)c2cccc(C(=O)N/N=C\C=C3/N(C)c4ccccc4C3(C)C)c2)cc1. The van der Waals surface area contributed by atoms with Crippen molar-refractivity contribution in [3.05, 3.63) is 95.7 Å². The van der Waals surface area contributed by atoms with Crippen molar-refractivity contribution in [3.63, 3.8) is 0 Å². The van der Waals surface area contributed by atoms with E-state index in [4.69, 9.17) is 4.74 Å². The third-order valence-electron chi connectivity index (χ3n) is 6.16. The van der Waals surface area contributed by atoms with Crippen molar-refractivity contribution in [2.75, 3.05) is 23.8 Å². The average Bonchev–Trinajstić information content (AvgIpc) is 3.07. The highest BCUT2D eigenvalue weighted by molar-refractivity contribution is 7.92. The number of allylic oxidation sites excluding steroid dienone is 2. The van der Waals surface area contributed by atoms with E-state index in [1.165, 1.54) is 43.2 Å². The zero-order valence-electron chi connectivity index (χ0n) is 20.5. The number of nitrogens with one attached hydrogen (secondary N) is 2. The summed E-state index contributed by atoms with van der Waals surface area (Å²) in [6.45, 7) is 4.28. The molecule has 1 heterocycles. The van der Waals surface area contributed by atoms with Gasteiger partial charge in [-0.1, -0.05) is 38.1 Å². The van der Waals surface area contributed by atoms with Crippen LogP contribution < -0.4 is 19.8 Å². The summed E-state index contributed by atoms with van der Waals surface area (Å²) in [7, 11) is -0.366. The van der Waals surface area contributed by atoms with Crippen LogP contribution in [0.2, 0.25) is 0 Å². The van der Waals surface area contributed by atoms with Crippen molar-refractivity contribution in [3.8, 4) is 5.75 Å². The molecule has 186 valence electrons. The van der Waals surface area contributed by atoms with Crippen LogP contribution in [0.5, 0.6) is 5.75 Å². The largest absolute Gasteiger partial charge is 0.497 e. The van der Waals surface area contributed by atoms with Gasteiger partial charge in [0.25, 0.3) is 15.9 Å². The molecule has 3 aromatic carbocycles. The average molecular weight is 505 g/mol. The fourth-order valence-electron chi connectivity index (χ4n) is 4.25. The maximum Gasteiger partial charge on any atom is 0.271 e. The summed E-state index contributed by atoms with van der Waals surface area (Å²) in [6.07, 6.45) is 3.39. The number of anilines is 2. The Labute approximate surface area is 211 Å². The van der Waals surface area contributed by atoms with Gasteiger partial charge in [-0.2, -0.15) is 5.10 Å². The number of amides is 1. The minimum Gasteiger partial charge on any atom is -0.497 e. The molecular formula is C27H28N4O4S. The third-order valence-corrected chi connectivity index (χ3v) is 7.54. The molecule has 36 heavy (non-hydrogen) atoms. The highest BCUT2D eigenvalue weighted by atomic mass is 32.2. The molecule has 2 N–H and O–H groups in total. The number of benzene rings is 3. The number of hydrogen-bond donors (Lipinski definition) is 2. The van der Waals surface area contributed by atoms with E-state index in [1.54, 1.807) is 24.3 Å². The number of fused-ring (bicyclic) bond motifs is 1. The second-order valence-corrected chi connectivity index (χ2v) is 10.5. The summed E-state index contributed by atoms with van der Waals surface area (Å²) in [5.74, 6) is 0.0916. The smallest absolute Gasteiger partial charge is 0.271 e. The van der Waals surface area contributed by atoms with Gasteiger partial charge < -0.3 is 9.64 Å². The Morgan fingerprint density at radius 3 is 2.44 bits per heavy atom. The number of likely N-dealkylation sites (N-methyl/N-ethyl adjacent to an activating group) is 1. The van der Waals surface area contributed by atoms with Gasteiger partial charge in [0, 0.05) is 41.3 Å². The predicted molar refractivity (Wildman–Crippen MR) is 142 cm³/mol. The normalized spacial score (nSPS) is 15.7. The van der Waals surface area contributed by atoms with Crippen LogP contribution >= 0.6 is 0 Å². The summed E-state index contributed by atoms with van der Waals surface area (Å²) in [6, 6.07) is 20.5. The summed E-state index contributed by atoms with van der Waals surface area (Å²) in [5.41, 5.74) is 6.20. The molecule has 0 fully saturated rings. The van der Waals surface area contributed by atoms with Crippen molar-refractivity contribution >= 4 is 33.5 Å². The van der Waals surface area contributed by atoms with Crippen LogP contribution in [-0.4, -0.2) is 34.7 Å². The molecule has 1 aliphatic rings. The molecule has 0 atom stereocenters. The van der Waals surface area contributed by atoms with Gasteiger partial charge in [-0.25, -0.2) is 13.8 Å². The number of ether oxygens (including phenoxy) is 1. The van der Waals surface area contributed by atoms with Gasteiger partial charge >= 0.3 is 0 Å². The maximum absolute atomic E-state index is 12.8. The predicted octanol–water partition coefficient (Wildman–Crippen LogP) is 4.52. The first kappa shape index (κ1) is 25.0. The van der Waals surface area contributed by atoms with E-state index in [2.05, 4.69) is 46.1 Å². The fraction of sp³-hybridized carbons (Fsp3) is 0.185. The van der Waals surface area contributed by atoms with Gasteiger partial charge in [0.05, 0.1) is 12.0 Å². The number of methoxy groups -OCH3 is 1. The number of hydrazone groups is 1. The summed E-state index contributed by atoms with van der Waals surface area (Å²) < 4.78 is 33.2. The van der Waals surface area contributed by atoms with Gasteiger partial charge in [-0.05, 0) is 60.2 Å². The van der Waals surface area contributed by atoms with Crippen molar-refractivity contribution in [1.29, 1.82) is 0 Å². The molecule has 3 aromatic rings. The van der Waals surface area contributed by atoms with Crippen LogP contribution in [-0.2, 0) is 15.4 Å². The van der Waals surface area contributed by atoms with E-state index in [-0.39, 0.29) is 15.9 Å². The zero-order valence-corrected chi connectivity index (χ0v) is 21.3. The lowest BCUT2D eigenvalue weighted by molar-refractivity contribution is 0.0955. The lowest BCUT2D eigenvalue weighted by Gasteiger charge is -2.23. The van der Waals surface area contributed by atoms with Gasteiger partial charge in [0.15, 0.2) is 0 Å². The van der Waals surface area contributed by atoms with Crippen LogP contribution in [0.4, 0.5) is 11.4 Å². The number of rotatable bonds is 7. The van der Waals surface area contributed by atoms with Gasteiger partial charge in [-0.3, -0.25) is 9.52 Å². The summed E-state index contributed by atoms with van der Waals surface area (Å²) in [5, 5.41) is 4.05. The van der Waals surface area contributed by atoms with E-state index in [1.807, 2.05) is 25.3 Å². The number of nitrogens with zero attached hydrogens (tertiary/aromatic N) is 2. The number of sulfonamides is 1. The molecular weight excluding hydrogens is 476 g/mol. The lowest BCUT2D eigenvalue weighted by atomic mass is 9.84. The first-order valence-corrected chi connectivity index (χ1v) is 12.8.